The molecule has 0 aromatic heterocycles. The molecule has 0 saturated carbocycles. The standard InChI is InChI=1S/C13H19BrN2O2S.ClH/c1-10-9-13(11(2)8-12(10)14)19(17,18)16-6-3-4-15-5-7-16;/h8-9,15H,3-7H2,1-2H3;1H. The van der Waals surface area contributed by atoms with Gasteiger partial charge in [-0.05, 0) is 50.1 Å². The smallest absolute Gasteiger partial charge is 0.243 e. The fourth-order valence-electron chi connectivity index (χ4n) is 2.23. The number of aryl methyl sites for hydroxylation is 2. The lowest BCUT2D eigenvalue weighted by molar-refractivity contribution is 0.431. The minimum Gasteiger partial charge on any atom is -0.315 e. The van der Waals surface area contributed by atoms with Crippen molar-refractivity contribution in [1.29, 1.82) is 0 Å². The van der Waals surface area contributed by atoms with Gasteiger partial charge in [-0.25, -0.2) is 8.42 Å². The largest absolute Gasteiger partial charge is 0.315 e. The van der Waals surface area contributed by atoms with Crippen molar-refractivity contribution in [1.82, 2.24) is 9.62 Å². The van der Waals surface area contributed by atoms with Crippen LogP contribution in [0.3, 0.4) is 0 Å². The van der Waals surface area contributed by atoms with Gasteiger partial charge >= 0.3 is 0 Å². The van der Waals surface area contributed by atoms with Gasteiger partial charge in [-0.3, -0.25) is 0 Å². The van der Waals surface area contributed by atoms with Crippen LogP contribution in [0.15, 0.2) is 21.5 Å². The molecular weight excluding hydrogens is 364 g/mol. The summed E-state index contributed by atoms with van der Waals surface area (Å²) in [6.45, 7) is 6.47. The average molecular weight is 384 g/mol. The van der Waals surface area contributed by atoms with Gasteiger partial charge in [0.05, 0.1) is 4.90 Å². The van der Waals surface area contributed by atoms with E-state index in [9.17, 15) is 8.42 Å². The Hall–Kier alpha value is -0.140. The lowest BCUT2D eigenvalue weighted by atomic mass is 10.2. The predicted molar refractivity (Wildman–Crippen MR) is 87.1 cm³/mol. The van der Waals surface area contributed by atoms with Gasteiger partial charge in [0.15, 0.2) is 0 Å². The fourth-order valence-corrected chi connectivity index (χ4v) is 4.46. The van der Waals surface area contributed by atoms with E-state index in [1.165, 1.54) is 0 Å². The number of benzene rings is 1. The van der Waals surface area contributed by atoms with Crippen molar-refractivity contribution >= 4 is 38.4 Å². The first-order valence-electron chi connectivity index (χ1n) is 6.40. The topological polar surface area (TPSA) is 49.4 Å². The Bertz CT molecular complexity index is 570. The summed E-state index contributed by atoms with van der Waals surface area (Å²) >= 11 is 3.44. The van der Waals surface area contributed by atoms with E-state index < -0.39 is 10.0 Å². The SMILES string of the molecule is Cc1cc(S(=O)(=O)N2CCCNCC2)c(C)cc1Br.Cl. The van der Waals surface area contributed by atoms with Crippen molar-refractivity contribution in [3.8, 4) is 0 Å². The van der Waals surface area contributed by atoms with Gasteiger partial charge in [-0.15, -0.1) is 12.4 Å². The van der Waals surface area contributed by atoms with Gasteiger partial charge in [0, 0.05) is 24.1 Å². The molecule has 1 N–H and O–H groups in total. The zero-order valence-corrected chi connectivity index (χ0v) is 14.9. The molecule has 114 valence electrons. The molecule has 20 heavy (non-hydrogen) atoms. The van der Waals surface area contributed by atoms with Crippen LogP contribution in [0.5, 0.6) is 0 Å². The third-order valence-corrected chi connectivity index (χ3v) is 6.27. The molecule has 0 unspecified atom stereocenters. The minimum absolute atomic E-state index is 0. The second-order valence-corrected chi connectivity index (χ2v) is 7.64. The summed E-state index contributed by atoms with van der Waals surface area (Å²) < 4.78 is 27.9. The van der Waals surface area contributed by atoms with Crippen LogP contribution in [0.25, 0.3) is 0 Å². The molecule has 1 saturated heterocycles. The Morgan fingerprint density at radius 1 is 1.15 bits per heavy atom. The highest BCUT2D eigenvalue weighted by Crippen LogP contribution is 2.26. The van der Waals surface area contributed by atoms with E-state index in [1.54, 1.807) is 10.4 Å². The lowest BCUT2D eigenvalue weighted by Gasteiger charge is -2.21. The molecule has 1 aromatic carbocycles. The molecule has 1 aromatic rings. The van der Waals surface area contributed by atoms with Gasteiger partial charge in [0.1, 0.15) is 0 Å². The van der Waals surface area contributed by atoms with E-state index in [1.807, 2.05) is 19.9 Å². The molecule has 7 heteroatoms. The van der Waals surface area contributed by atoms with Crippen LogP contribution < -0.4 is 5.32 Å². The summed E-state index contributed by atoms with van der Waals surface area (Å²) in [7, 11) is -3.38. The van der Waals surface area contributed by atoms with Crippen molar-refractivity contribution in [2.24, 2.45) is 0 Å². The van der Waals surface area contributed by atoms with E-state index in [-0.39, 0.29) is 12.4 Å². The molecule has 0 aliphatic carbocycles. The van der Waals surface area contributed by atoms with Crippen LogP contribution in [0, 0.1) is 13.8 Å². The van der Waals surface area contributed by atoms with Gasteiger partial charge in [-0.2, -0.15) is 4.31 Å². The molecule has 1 aliphatic heterocycles. The highest BCUT2D eigenvalue weighted by molar-refractivity contribution is 9.10. The maximum Gasteiger partial charge on any atom is 0.243 e. The van der Waals surface area contributed by atoms with E-state index in [0.29, 0.717) is 24.5 Å². The van der Waals surface area contributed by atoms with E-state index in [0.717, 1.165) is 28.6 Å². The van der Waals surface area contributed by atoms with Crippen molar-refractivity contribution in [2.45, 2.75) is 25.2 Å². The molecule has 0 spiro atoms. The molecule has 0 radical (unpaired) electrons. The molecule has 4 nitrogen and oxygen atoms in total. The molecule has 1 heterocycles. The van der Waals surface area contributed by atoms with E-state index in [4.69, 9.17) is 0 Å². The second kappa shape index (κ2) is 7.22. The fraction of sp³-hybridized carbons (Fsp3) is 0.538. The van der Waals surface area contributed by atoms with Crippen LogP contribution in [-0.4, -0.2) is 38.9 Å². The van der Waals surface area contributed by atoms with Crippen LogP contribution in [0.1, 0.15) is 17.5 Å². The van der Waals surface area contributed by atoms with Crippen LogP contribution >= 0.6 is 28.3 Å². The van der Waals surface area contributed by atoms with Crippen molar-refractivity contribution in [3.05, 3.63) is 27.7 Å². The minimum atomic E-state index is -3.38. The van der Waals surface area contributed by atoms with Crippen molar-refractivity contribution in [3.63, 3.8) is 0 Å². The first-order valence-corrected chi connectivity index (χ1v) is 8.64. The van der Waals surface area contributed by atoms with Gasteiger partial charge < -0.3 is 5.32 Å². The third kappa shape index (κ3) is 3.74. The van der Waals surface area contributed by atoms with Crippen molar-refractivity contribution in [2.75, 3.05) is 26.2 Å². The Morgan fingerprint density at radius 3 is 2.55 bits per heavy atom. The first kappa shape index (κ1) is 17.9. The van der Waals surface area contributed by atoms with Gasteiger partial charge in [0.25, 0.3) is 0 Å². The first-order chi connectivity index (χ1) is 8.93. The number of nitrogens with zero attached hydrogens (tertiary/aromatic N) is 1. The normalized spacial score (nSPS) is 17.4. The number of sulfonamides is 1. The number of hydrogen-bond donors (Lipinski definition) is 1. The Labute approximate surface area is 135 Å². The lowest BCUT2D eigenvalue weighted by Crippen LogP contribution is -2.34. The zero-order chi connectivity index (χ0) is 14.0. The van der Waals surface area contributed by atoms with Crippen molar-refractivity contribution < 1.29 is 8.42 Å². The monoisotopic (exact) mass is 382 g/mol. The maximum absolute atomic E-state index is 12.7. The second-order valence-electron chi connectivity index (χ2n) is 4.87. The van der Waals surface area contributed by atoms with Gasteiger partial charge in [0.2, 0.25) is 10.0 Å². The quantitative estimate of drug-likeness (QED) is 0.853. The van der Waals surface area contributed by atoms with E-state index in [2.05, 4.69) is 21.2 Å². The summed E-state index contributed by atoms with van der Waals surface area (Å²) in [6, 6.07) is 3.63. The predicted octanol–water partition coefficient (Wildman–Crippen LogP) is 2.47. The number of halogens is 2. The molecule has 0 atom stereocenters. The summed E-state index contributed by atoms with van der Waals surface area (Å²) in [5, 5.41) is 3.22. The van der Waals surface area contributed by atoms with Crippen LogP contribution in [0.2, 0.25) is 0 Å². The maximum atomic E-state index is 12.7. The zero-order valence-electron chi connectivity index (χ0n) is 11.6. The Balaban J connectivity index is 0.00000200. The average Bonchev–Trinajstić information content (AvgIpc) is 2.62. The number of rotatable bonds is 2. The summed E-state index contributed by atoms with van der Waals surface area (Å²) in [5.41, 5.74) is 1.73. The summed E-state index contributed by atoms with van der Waals surface area (Å²) in [4.78, 5) is 0.426. The summed E-state index contributed by atoms with van der Waals surface area (Å²) in [5.74, 6) is 0. The molecule has 1 aliphatic rings. The number of hydrogen-bond acceptors (Lipinski definition) is 3. The Morgan fingerprint density at radius 2 is 1.85 bits per heavy atom. The Kier molecular flexibility index (Phi) is 6.47. The van der Waals surface area contributed by atoms with Crippen LogP contribution in [-0.2, 0) is 10.0 Å². The summed E-state index contributed by atoms with van der Waals surface area (Å²) in [6.07, 6.45) is 0.855. The van der Waals surface area contributed by atoms with E-state index >= 15 is 0 Å². The molecule has 0 amide bonds. The highest BCUT2D eigenvalue weighted by atomic mass is 79.9. The van der Waals surface area contributed by atoms with Gasteiger partial charge in [-0.1, -0.05) is 15.9 Å². The highest BCUT2D eigenvalue weighted by Gasteiger charge is 2.26. The number of nitrogens with one attached hydrogen (secondary N) is 1. The molecule has 0 bridgehead atoms. The van der Waals surface area contributed by atoms with Crippen LogP contribution in [0.4, 0.5) is 0 Å². The molecule has 1 fully saturated rings. The molecular formula is C13H20BrClN2O2S. The third-order valence-electron chi connectivity index (χ3n) is 3.37. The molecule has 2 rings (SSSR count).